The van der Waals surface area contributed by atoms with Crippen molar-refractivity contribution in [2.24, 2.45) is 0 Å². The van der Waals surface area contributed by atoms with Crippen LogP contribution in [0, 0.1) is 0 Å². The smallest absolute Gasteiger partial charge is 0.251 e. The van der Waals surface area contributed by atoms with Gasteiger partial charge in [-0.15, -0.1) is 23.5 Å². The van der Waals surface area contributed by atoms with Gasteiger partial charge in [-0.05, 0) is 48.5 Å². The molecule has 1 amide bonds. The first-order valence-corrected chi connectivity index (χ1v) is 11.2. The molecule has 144 valence electrons. The summed E-state index contributed by atoms with van der Waals surface area (Å²) in [7, 11) is 0. The molecule has 0 aliphatic heterocycles. The van der Waals surface area contributed by atoms with Gasteiger partial charge in [-0.1, -0.05) is 36.4 Å². The molecule has 3 rings (SSSR count). The maximum Gasteiger partial charge on any atom is 0.251 e. The van der Waals surface area contributed by atoms with Gasteiger partial charge in [-0.3, -0.25) is 4.79 Å². The topological polar surface area (TPSA) is 38.3 Å². The van der Waals surface area contributed by atoms with E-state index in [1.54, 1.807) is 35.7 Å². The molecule has 5 heteroatoms. The van der Waals surface area contributed by atoms with Crippen LogP contribution in [-0.2, 0) is 0 Å². The highest BCUT2D eigenvalue weighted by molar-refractivity contribution is 7.99. The van der Waals surface area contributed by atoms with Crippen LogP contribution in [0.1, 0.15) is 10.4 Å². The number of hydrogen-bond donors (Lipinski definition) is 1. The van der Waals surface area contributed by atoms with Gasteiger partial charge in [-0.2, -0.15) is 0 Å². The number of nitrogens with one attached hydrogen (secondary N) is 1. The molecule has 0 bridgehead atoms. The first-order valence-electron chi connectivity index (χ1n) is 9.18. The van der Waals surface area contributed by atoms with Crippen LogP contribution in [0.2, 0.25) is 0 Å². The lowest BCUT2D eigenvalue weighted by Crippen LogP contribution is -2.25. The fraction of sp³-hybridized carbons (Fsp3) is 0.174. The van der Waals surface area contributed by atoms with Crippen molar-refractivity contribution in [2.45, 2.75) is 9.79 Å². The summed E-state index contributed by atoms with van der Waals surface area (Å²) in [6.45, 7) is 1.26. The van der Waals surface area contributed by atoms with Gasteiger partial charge in [0, 0.05) is 33.4 Å². The zero-order valence-electron chi connectivity index (χ0n) is 15.5. The Kier molecular flexibility index (Phi) is 8.34. The van der Waals surface area contributed by atoms with Gasteiger partial charge in [0.25, 0.3) is 5.91 Å². The predicted molar refractivity (Wildman–Crippen MR) is 119 cm³/mol. The lowest BCUT2D eigenvalue weighted by molar-refractivity contribution is 0.0956. The fourth-order valence-corrected chi connectivity index (χ4v) is 4.03. The number of benzene rings is 3. The summed E-state index contributed by atoms with van der Waals surface area (Å²) >= 11 is 3.50. The number of carbonyl (C=O) groups is 1. The first kappa shape index (κ1) is 20.4. The Labute approximate surface area is 174 Å². The van der Waals surface area contributed by atoms with Gasteiger partial charge in [0.1, 0.15) is 5.75 Å². The molecular formula is C23H23NO2S2. The van der Waals surface area contributed by atoms with E-state index in [1.165, 1.54) is 9.79 Å². The summed E-state index contributed by atoms with van der Waals surface area (Å²) in [6.07, 6.45) is 0. The molecule has 3 nitrogen and oxygen atoms in total. The van der Waals surface area contributed by atoms with Crippen molar-refractivity contribution in [3.05, 3.63) is 90.5 Å². The largest absolute Gasteiger partial charge is 0.493 e. The number of carbonyl (C=O) groups excluding carboxylic acids is 1. The van der Waals surface area contributed by atoms with Crippen molar-refractivity contribution in [3.63, 3.8) is 0 Å². The minimum absolute atomic E-state index is 0.0557. The predicted octanol–water partition coefficient (Wildman–Crippen LogP) is 5.38. The van der Waals surface area contributed by atoms with Crippen LogP contribution in [0.5, 0.6) is 5.75 Å². The zero-order chi connectivity index (χ0) is 19.4. The third-order valence-electron chi connectivity index (χ3n) is 3.88. The summed E-state index contributed by atoms with van der Waals surface area (Å²) in [5.41, 5.74) is 0.649. The van der Waals surface area contributed by atoms with Crippen molar-refractivity contribution >= 4 is 29.4 Å². The molecule has 0 saturated heterocycles. The summed E-state index contributed by atoms with van der Waals surface area (Å²) < 4.78 is 5.75. The normalized spacial score (nSPS) is 10.4. The van der Waals surface area contributed by atoms with Crippen molar-refractivity contribution < 1.29 is 9.53 Å². The van der Waals surface area contributed by atoms with Gasteiger partial charge in [-0.25, -0.2) is 0 Å². The molecule has 0 fully saturated rings. The van der Waals surface area contributed by atoms with Gasteiger partial charge < -0.3 is 10.1 Å². The molecule has 0 aromatic heterocycles. The summed E-state index contributed by atoms with van der Waals surface area (Å²) in [6, 6.07) is 27.8. The Morgan fingerprint density at radius 2 is 1.32 bits per heavy atom. The molecular weight excluding hydrogens is 386 g/mol. The third-order valence-corrected chi connectivity index (χ3v) is 5.87. The second kappa shape index (κ2) is 11.5. The van der Waals surface area contributed by atoms with Gasteiger partial charge in [0.15, 0.2) is 0 Å². The minimum atomic E-state index is -0.0557. The zero-order valence-corrected chi connectivity index (χ0v) is 17.2. The average molecular weight is 410 g/mol. The maximum absolute atomic E-state index is 12.2. The molecule has 1 N–H and O–H groups in total. The molecule has 0 aliphatic rings. The lowest BCUT2D eigenvalue weighted by Gasteiger charge is -2.08. The highest BCUT2D eigenvalue weighted by atomic mass is 32.2. The Hall–Kier alpha value is -2.37. The van der Waals surface area contributed by atoms with E-state index in [2.05, 4.69) is 29.6 Å². The minimum Gasteiger partial charge on any atom is -0.493 e. The standard InChI is InChI=1S/C23H23NO2S2/c25-23(24-15-17-27-21-7-3-1-4-8-21)19-11-13-20(14-12-19)26-16-18-28-22-9-5-2-6-10-22/h1-14H,15-18H2,(H,24,25). The van der Waals surface area contributed by atoms with E-state index in [0.717, 1.165) is 17.3 Å². The number of amides is 1. The molecule has 0 saturated carbocycles. The van der Waals surface area contributed by atoms with Crippen molar-refractivity contribution in [3.8, 4) is 5.75 Å². The molecule has 3 aromatic carbocycles. The molecule has 0 heterocycles. The molecule has 0 unspecified atom stereocenters. The van der Waals surface area contributed by atoms with Crippen molar-refractivity contribution in [2.75, 3.05) is 24.7 Å². The average Bonchev–Trinajstić information content (AvgIpc) is 2.76. The molecule has 0 spiro atoms. The lowest BCUT2D eigenvalue weighted by atomic mass is 10.2. The maximum atomic E-state index is 12.2. The van der Waals surface area contributed by atoms with Gasteiger partial charge >= 0.3 is 0 Å². The number of hydrogen-bond acceptors (Lipinski definition) is 4. The monoisotopic (exact) mass is 409 g/mol. The van der Waals surface area contributed by atoms with E-state index in [4.69, 9.17) is 4.74 Å². The number of ether oxygens (including phenoxy) is 1. The highest BCUT2D eigenvalue weighted by Crippen LogP contribution is 2.18. The van der Waals surface area contributed by atoms with Crippen LogP contribution < -0.4 is 10.1 Å². The van der Waals surface area contributed by atoms with Gasteiger partial charge in [0.2, 0.25) is 0 Å². The van der Waals surface area contributed by atoms with Crippen LogP contribution in [-0.4, -0.2) is 30.6 Å². The second-order valence-electron chi connectivity index (χ2n) is 5.95. The summed E-state index contributed by atoms with van der Waals surface area (Å²) in [5, 5.41) is 2.96. The SMILES string of the molecule is O=C(NCCSc1ccccc1)c1ccc(OCCSc2ccccc2)cc1. The number of rotatable bonds is 10. The van der Waals surface area contributed by atoms with Crippen LogP contribution in [0.4, 0.5) is 0 Å². The van der Waals surface area contributed by atoms with E-state index < -0.39 is 0 Å². The molecule has 0 radical (unpaired) electrons. The fourth-order valence-electron chi connectivity index (χ4n) is 2.49. The van der Waals surface area contributed by atoms with Gasteiger partial charge in [0.05, 0.1) is 6.61 Å². The van der Waals surface area contributed by atoms with Crippen molar-refractivity contribution in [1.82, 2.24) is 5.32 Å². The van der Waals surface area contributed by atoms with Crippen molar-refractivity contribution in [1.29, 1.82) is 0 Å². The Morgan fingerprint density at radius 3 is 1.93 bits per heavy atom. The molecule has 0 aliphatic carbocycles. The first-order chi connectivity index (χ1) is 13.8. The summed E-state index contributed by atoms with van der Waals surface area (Å²) in [5.74, 6) is 2.45. The van der Waals surface area contributed by atoms with E-state index in [9.17, 15) is 4.79 Å². The van der Waals surface area contributed by atoms with E-state index in [-0.39, 0.29) is 5.91 Å². The van der Waals surface area contributed by atoms with Crippen LogP contribution >= 0.6 is 23.5 Å². The Bertz CT molecular complexity index is 839. The Morgan fingerprint density at radius 1 is 0.750 bits per heavy atom. The quantitative estimate of drug-likeness (QED) is 0.360. The molecule has 3 aromatic rings. The molecule has 28 heavy (non-hydrogen) atoms. The summed E-state index contributed by atoms with van der Waals surface area (Å²) in [4.78, 5) is 14.7. The molecule has 0 atom stereocenters. The number of thioether (sulfide) groups is 2. The van der Waals surface area contributed by atoms with E-state index in [0.29, 0.717) is 18.7 Å². The van der Waals surface area contributed by atoms with Crippen LogP contribution in [0.15, 0.2) is 94.7 Å². The van der Waals surface area contributed by atoms with E-state index in [1.807, 2.05) is 48.5 Å². The Balaban J connectivity index is 1.34. The van der Waals surface area contributed by atoms with Crippen LogP contribution in [0.3, 0.4) is 0 Å². The van der Waals surface area contributed by atoms with E-state index >= 15 is 0 Å². The third kappa shape index (κ3) is 6.98. The highest BCUT2D eigenvalue weighted by Gasteiger charge is 2.05. The van der Waals surface area contributed by atoms with Crippen LogP contribution in [0.25, 0.3) is 0 Å². The second-order valence-corrected chi connectivity index (χ2v) is 8.29.